The molecule has 21 heavy (non-hydrogen) atoms. The van der Waals surface area contributed by atoms with Crippen molar-refractivity contribution in [3.8, 4) is 0 Å². The third-order valence-corrected chi connectivity index (χ3v) is 4.04. The number of hydrogen-bond acceptors (Lipinski definition) is 2. The summed E-state index contributed by atoms with van der Waals surface area (Å²) < 4.78 is 0. The summed E-state index contributed by atoms with van der Waals surface area (Å²) in [6.45, 7) is 2.53. The highest BCUT2D eigenvalue weighted by atomic mass is 16.4. The number of carbonyl (C=O) groups excluding carboxylic acids is 1. The van der Waals surface area contributed by atoms with Crippen LogP contribution in [0, 0.1) is 11.8 Å². The number of aryl methyl sites for hydroxylation is 1. The zero-order valence-electron chi connectivity index (χ0n) is 12.2. The second-order valence-corrected chi connectivity index (χ2v) is 5.33. The van der Waals surface area contributed by atoms with E-state index in [9.17, 15) is 14.7 Å². The van der Waals surface area contributed by atoms with Crippen LogP contribution >= 0.6 is 0 Å². The van der Waals surface area contributed by atoms with Gasteiger partial charge in [0.1, 0.15) is 0 Å². The summed E-state index contributed by atoms with van der Waals surface area (Å²) in [7, 11) is 0. The molecule has 4 nitrogen and oxygen atoms in total. The van der Waals surface area contributed by atoms with Crippen molar-refractivity contribution in [3.05, 3.63) is 47.5 Å². The molecule has 1 amide bonds. The molecule has 112 valence electrons. The third-order valence-electron chi connectivity index (χ3n) is 4.04. The third kappa shape index (κ3) is 3.72. The molecule has 1 aliphatic rings. The Morgan fingerprint density at radius 2 is 1.76 bits per heavy atom. The van der Waals surface area contributed by atoms with E-state index >= 15 is 0 Å². The molecule has 0 radical (unpaired) electrons. The molecule has 0 aliphatic heterocycles. The molecule has 0 saturated carbocycles. The summed E-state index contributed by atoms with van der Waals surface area (Å²) >= 11 is 0. The number of amides is 1. The Kier molecular flexibility index (Phi) is 5.14. The summed E-state index contributed by atoms with van der Waals surface area (Å²) in [6.07, 6.45) is 5.58. The van der Waals surface area contributed by atoms with E-state index in [0.29, 0.717) is 19.4 Å². The fraction of sp³-hybridized carbons (Fsp3) is 0.412. The molecule has 2 unspecified atom stereocenters. The van der Waals surface area contributed by atoms with Gasteiger partial charge in [-0.1, -0.05) is 43.3 Å². The first-order valence-corrected chi connectivity index (χ1v) is 7.35. The molecule has 0 aromatic heterocycles. The minimum atomic E-state index is -0.895. The van der Waals surface area contributed by atoms with Crippen molar-refractivity contribution in [1.82, 2.24) is 5.32 Å². The number of aliphatic carboxylic acids is 1. The summed E-state index contributed by atoms with van der Waals surface area (Å²) in [5.41, 5.74) is 2.29. The molecule has 0 heterocycles. The predicted octanol–water partition coefficient (Wildman–Crippen LogP) is 2.53. The molecule has 4 heteroatoms. The minimum Gasteiger partial charge on any atom is -0.481 e. The van der Waals surface area contributed by atoms with Gasteiger partial charge in [-0.05, 0) is 30.4 Å². The van der Waals surface area contributed by atoms with Gasteiger partial charge in [0.15, 0.2) is 0 Å². The molecule has 1 aliphatic carbocycles. The number of allylic oxidation sites excluding steroid dienone is 2. The Morgan fingerprint density at radius 1 is 1.14 bits per heavy atom. The fourth-order valence-corrected chi connectivity index (χ4v) is 2.77. The van der Waals surface area contributed by atoms with Gasteiger partial charge in [0, 0.05) is 6.54 Å². The minimum absolute atomic E-state index is 0.169. The lowest BCUT2D eigenvalue weighted by Gasteiger charge is -2.24. The SMILES string of the molecule is CCc1ccccc1CNC(=O)C1CC=CCC1C(=O)O. The van der Waals surface area contributed by atoms with Crippen molar-refractivity contribution in [2.24, 2.45) is 11.8 Å². The number of carboxylic acids is 1. The standard InChI is InChI=1S/C17H21NO3/c1-2-12-7-3-4-8-13(12)11-18-16(19)14-9-5-6-10-15(14)17(20)21/h3-8,14-15H,2,9-11H2,1H3,(H,18,19)(H,20,21). The first kappa shape index (κ1) is 15.3. The monoisotopic (exact) mass is 287 g/mol. The van der Waals surface area contributed by atoms with Crippen LogP contribution in [0.3, 0.4) is 0 Å². The topological polar surface area (TPSA) is 66.4 Å². The largest absolute Gasteiger partial charge is 0.481 e. The van der Waals surface area contributed by atoms with Gasteiger partial charge in [-0.25, -0.2) is 0 Å². The van der Waals surface area contributed by atoms with Crippen LogP contribution in [0.5, 0.6) is 0 Å². The summed E-state index contributed by atoms with van der Waals surface area (Å²) in [5.74, 6) is -2.15. The second kappa shape index (κ2) is 7.07. The van der Waals surface area contributed by atoms with E-state index in [1.165, 1.54) is 5.56 Å². The Bertz CT molecular complexity index is 551. The van der Waals surface area contributed by atoms with Crippen LogP contribution < -0.4 is 5.32 Å². The second-order valence-electron chi connectivity index (χ2n) is 5.33. The van der Waals surface area contributed by atoms with Gasteiger partial charge in [-0.15, -0.1) is 0 Å². The maximum atomic E-state index is 12.3. The van der Waals surface area contributed by atoms with E-state index in [4.69, 9.17) is 0 Å². The maximum absolute atomic E-state index is 12.3. The van der Waals surface area contributed by atoms with Crippen molar-refractivity contribution in [1.29, 1.82) is 0 Å². The first-order valence-electron chi connectivity index (χ1n) is 7.35. The highest BCUT2D eigenvalue weighted by Crippen LogP contribution is 2.26. The quantitative estimate of drug-likeness (QED) is 0.818. The van der Waals surface area contributed by atoms with E-state index in [0.717, 1.165) is 12.0 Å². The first-order chi connectivity index (χ1) is 10.1. The number of carboxylic acid groups (broad SMARTS) is 1. The molecule has 0 spiro atoms. The van der Waals surface area contributed by atoms with Gasteiger partial charge in [-0.3, -0.25) is 9.59 Å². The molecule has 2 rings (SSSR count). The zero-order valence-corrected chi connectivity index (χ0v) is 12.2. The molecule has 0 saturated heterocycles. The Morgan fingerprint density at radius 3 is 2.38 bits per heavy atom. The predicted molar refractivity (Wildman–Crippen MR) is 80.7 cm³/mol. The smallest absolute Gasteiger partial charge is 0.307 e. The van der Waals surface area contributed by atoms with Crippen molar-refractivity contribution in [3.63, 3.8) is 0 Å². The van der Waals surface area contributed by atoms with E-state index in [1.54, 1.807) is 0 Å². The molecule has 1 aromatic rings. The van der Waals surface area contributed by atoms with Gasteiger partial charge < -0.3 is 10.4 Å². The van der Waals surface area contributed by atoms with Crippen molar-refractivity contribution in [2.75, 3.05) is 0 Å². The van der Waals surface area contributed by atoms with Crippen LogP contribution in [-0.2, 0) is 22.6 Å². The van der Waals surface area contributed by atoms with Crippen LogP contribution in [0.1, 0.15) is 30.9 Å². The van der Waals surface area contributed by atoms with Gasteiger partial charge in [0.2, 0.25) is 5.91 Å². The van der Waals surface area contributed by atoms with E-state index in [2.05, 4.69) is 12.2 Å². The summed E-state index contributed by atoms with van der Waals surface area (Å²) in [5, 5.41) is 12.1. The van der Waals surface area contributed by atoms with Gasteiger partial charge in [-0.2, -0.15) is 0 Å². The zero-order chi connectivity index (χ0) is 15.2. The Labute approximate surface area is 124 Å². The average Bonchev–Trinajstić information content (AvgIpc) is 2.52. The molecule has 2 N–H and O–H groups in total. The van der Waals surface area contributed by atoms with E-state index < -0.39 is 17.8 Å². The van der Waals surface area contributed by atoms with Crippen molar-refractivity contribution >= 4 is 11.9 Å². The molecule has 2 atom stereocenters. The highest BCUT2D eigenvalue weighted by Gasteiger charge is 2.33. The number of benzene rings is 1. The lowest BCUT2D eigenvalue weighted by molar-refractivity contribution is -0.147. The number of carbonyl (C=O) groups is 2. The molecular formula is C17H21NO3. The number of nitrogens with one attached hydrogen (secondary N) is 1. The van der Waals surface area contributed by atoms with E-state index in [-0.39, 0.29) is 5.91 Å². The van der Waals surface area contributed by atoms with Crippen molar-refractivity contribution in [2.45, 2.75) is 32.7 Å². The van der Waals surface area contributed by atoms with Gasteiger partial charge >= 0.3 is 5.97 Å². The molecule has 0 bridgehead atoms. The van der Waals surface area contributed by atoms with Crippen LogP contribution in [0.4, 0.5) is 0 Å². The number of rotatable bonds is 5. The number of hydrogen-bond donors (Lipinski definition) is 2. The lowest BCUT2D eigenvalue weighted by Crippen LogP contribution is -2.38. The summed E-state index contributed by atoms with van der Waals surface area (Å²) in [6, 6.07) is 7.97. The van der Waals surface area contributed by atoms with E-state index in [1.807, 2.05) is 36.4 Å². The Balaban J connectivity index is 2.01. The molecule has 1 aromatic carbocycles. The van der Waals surface area contributed by atoms with Crippen molar-refractivity contribution < 1.29 is 14.7 Å². The fourth-order valence-electron chi connectivity index (χ4n) is 2.77. The average molecular weight is 287 g/mol. The lowest BCUT2D eigenvalue weighted by atomic mass is 9.82. The Hall–Kier alpha value is -2.10. The van der Waals surface area contributed by atoms with Gasteiger partial charge in [0.25, 0.3) is 0 Å². The molecule has 0 fully saturated rings. The van der Waals surface area contributed by atoms with Crippen LogP contribution in [0.15, 0.2) is 36.4 Å². The van der Waals surface area contributed by atoms with Crippen LogP contribution in [0.25, 0.3) is 0 Å². The molecular weight excluding hydrogens is 266 g/mol. The van der Waals surface area contributed by atoms with Gasteiger partial charge in [0.05, 0.1) is 11.8 Å². The highest BCUT2D eigenvalue weighted by molar-refractivity contribution is 5.85. The van der Waals surface area contributed by atoms with Crippen LogP contribution in [-0.4, -0.2) is 17.0 Å². The summed E-state index contributed by atoms with van der Waals surface area (Å²) in [4.78, 5) is 23.5. The maximum Gasteiger partial charge on any atom is 0.307 e. The van der Waals surface area contributed by atoms with Crippen LogP contribution in [0.2, 0.25) is 0 Å². The normalized spacial score (nSPS) is 21.0.